The van der Waals surface area contributed by atoms with Gasteiger partial charge in [0.25, 0.3) is 0 Å². The molecule has 0 aliphatic heterocycles. The number of halogens is 3. The lowest BCUT2D eigenvalue weighted by Crippen LogP contribution is -2.21. The number of alkyl halides is 3. The van der Waals surface area contributed by atoms with Crippen LogP contribution in [0, 0.1) is 6.92 Å². The van der Waals surface area contributed by atoms with E-state index < -0.39 is 27.8 Å². The van der Waals surface area contributed by atoms with Crippen LogP contribution in [0.4, 0.5) is 23.7 Å². The molecular weight excluding hydrogens is 397 g/mol. The quantitative estimate of drug-likeness (QED) is 0.800. The lowest BCUT2D eigenvalue weighted by atomic mass is 10.1. The van der Waals surface area contributed by atoms with Gasteiger partial charge < -0.3 is 5.32 Å². The molecule has 152 valence electrons. The number of fused-ring (bicyclic) bond motifs is 1. The van der Waals surface area contributed by atoms with Crippen molar-refractivity contribution in [1.82, 2.24) is 14.8 Å². The first-order valence-corrected chi connectivity index (χ1v) is 10.1. The fourth-order valence-electron chi connectivity index (χ4n) is 3.10. The minimum absolute atomic E-state index is 0.00198. The second kappa shape index (κ2) is 7.17. The summed E-state index contributed by atoms with van der Waals surface area (Å²) < 4.78 is 57.3. The maximum Gasteiger partial charge on any atom is 0.433 e. The predicted molar refractivity (Wildman–Crippen MR) is 95.9 cm³/mol. The Morgan fingerprint density at radius 3 is 2.75 bits per heavy atom. The molecule has 0 bridgehead atoms. The Bertz CT molecular complexity index is 1050. The number of rotatable bonds is 3. The van der Waals surface area contributed by atoms with Gasteiger partial charge in [0.15, 0.2) is 14.9 Å². The Hall–Kier alpha value is -2.47. The Balaban J connectivity index is 1.98. The number of aromatic nitrogens is 3. The highest BCUT2D eigenvalue weighted by molar-refractivity contribution is 7.91. The maximum absolute atomic E-state index is 13.3. The van der Waals surface area contributed by atoms with Crippen LogP contribution >= 0.6 is 0 Å². The molecular formula is C16H19F3N6O2S. The number of aryl methyl sites for hydroxylation is 2. The summed E-state index contributed by atoms with van der Waals surface area (Å²) in [6.07, 6.45) is -1.63. The number of hydrogen-bond donors (Lipinski definition) is 2. The van der Waals surface area contributed by atoms with Gasteiger partial charge in [0.05, 0.1) is 5.69 Å². The Morgan fingerprint density at radius 1 is 1.43 bits per heavy atom. The highest BCUT2D eigenvalue weighted by Gasteiger charge is 2.37. The van der Waals surface area contributed by atoms with Crippen LogP contribution in [0.2, 0.25) is 0 Å². The minimum Gasteiger partial charge on any atom is -0.305 e. The summed E-state index contributed by atoms with van der Waals surface area (Å²) >= 11 is 0. The molecule has 0 spiro atoms. The molecule has 0 radical (unpaired) electrons. The number of amides is 2. The van der Waals surface area contributed by atoms with Crippen molar-refractivity contribution < 1.29 is 22.2 Å². The number of nitrogens with two attached hydrogens (primary N) is 1. The second-order valence-corrected chi connectivity index (χ2v) is 8.07. The smallest absolute Gasteiger partial charge is 0.305 e. The number of nitrogens with one attached hydrogen (secondary N) is 1. The molecule has 12 heteroatoms. The molecule has 2 aromatic rings. The normalized spacial score (nSPS) is 15.8. The van der Waals surface area contributed by atoms with Crippen LogP contribution in [-0.4, -0.2) is 25.0 Å². The monoisotopic (exact) mass is 416 g/mol. The van der Waals surface area contributed by atoms with E-state index in [0.717, 1.165) is 0 Å². The fourth-order valence-corrected chi connectivity index (χ4v) is 3.97. The van der Waals surface area contributed by atoms with Crippen LogP contribution in [0.1, 0.15) is 35.9 Å². The van der Waals surface area contributed by atoms with Crippen LogP contribution in [0.3, 0.4) is 0 Å². The van der Waals surface area contributed by atoms with Gasteiger partial charge in [-0.1, -0.05) is 0 Å². The van der Waals surface area contributed by atoms with Gasteiger partial charge in [0.2, 0.25) is 0 Å². The number of carbonyl (C=O) groups excluding carboxylic acids is 1. The molecule has 2 amide bonds. The number of pyridine rings is 1. The standard InChI is InChI=1S/C16H19F3N6O2S/c1-3-25-8-7-12(23-25)28(20,27)24-15(26)22-13-9(2)14(16(17,18)19)21-11-6-4-5-10(11)13/h7-8H,3-6H2,1-2H3,(H3,20,21,22,24,26,27)/t28-/m0/s1. The molecule has 3 N–H and O–H groups in total. The summed E-state index contributed by atoms with van der Waals surface area (Å²) in [5.74, 6) is 0. The molecule has 8 nitrogen and oxygen atoms in total. The summed E-state index contributed by atoms with van der Waals surface area (Å²) in [5.41, 5.74) is -0.441. The van der Waals surface area contributed by atoms with Crippen molar-refractivity contribution in [3.63, 3.8) is 0 Å². The highest BCUT2D eigenvalue weighted by Crippen LogP contribution is 2.38. The van der Waals surface area contributed by atoms with Crippen molar-refractivity contribution in [2.45, 2.75) is 50.9 Å². The maximum atomic E-state index is 13.3. The molecule has 3 rings (SSSR count). The molecule has 0 saturated carbocycles. The van der Waals surface area contributed by atoms with Gasteiger partial charge in [-0.25, -0.2) is 19.1 Å². The third kappa shape index (κ3) is 3.87. The third-order valence-electron chi connectivity index (χ3n) is 4.43. The van der Waals surface area contributed by atoms with Gasteiger partial charge >= 0.3 is 12.2 Å². The molecule has 1 aliphatic rings. The Morgan fingerprint density at radius 2 is 2.14 bits per heavy atom. The topological polar surface area (TPSA) is 115 Å². The molecule has 2 aromatic heterocycles. The van der Waals surface area contributed by atoms with E-state index in [1.165, 1.54) is 23.9 Å². The van der Waals surface area contributed by atoms with Crippen molar-refractivity contribution in [3.8, 4) is 0 Å². The number of nitrogens with zero attached hydrogens (tertiary/aromatic N) is 4. The molecule has 1 aliphatic carbocycles. The zero-order valence-electron chi connectivity index (χ0n) is 15.2. The van der Waals surface area contributed by atoms with Crippen molar-refractivity contribution in [2.24, 2.45) is 9.50 Å². The zero-order chi connectivity index (χ0) is 20.7. The van der Waals surface area contributed by atoms with Gasteiger partial charge in [0.1, 0.15) is 5.69 Å². The molecule has 0 fully saturated rings. The van der Waals surface area contributed by atoms with E-state index in [1.54, 1.807) is 0 Å². The first-order valence-electron chi connectivity index (χ1n) is 8.52. The van der Waals surface area contributed by atoms with Crippen LogP contribution in [0.5, 0.6) is 0 Å². The van der Waals surface area contributed by atoms with Gasteiger partial charge in [0, 0.05) is 24.0 Å². The van der Waals surface area contributed by atoms with E-state index >= 15 is 0 Å². The van der Waals surface area contributed by atoms with Crippen LogP contribution in [0.15, 0.2) is 21.7 Å². The molecule has 1 atom stereocenters. The lowest BCUT2D eigenvalue weighted by molar-refractivity contribution is -0.141. The molecule has 0 unspecified atom stereocenters. The number of urea groups is 1. The zero-order valence-corrected chi connectivity index (χ0v) is 16.0. The SMILES string of the molecule is CCn1ccc([S@@](N)(=O)=NC(=O)Nc2c(C)c(C(F)(F)F)nc3c2CCC3)n1. The van der Waals surface area contributed by atoms with Crippen LogP contribution in [-0.2, 0) is 35.5 Å². The largest absolute Gasteiger partial charge is 0.433 e. The van der Waals surface area contributed by atoms with Gasteiger partial charge in [-0.2, -0.15) is 18.3 Å². The highest BCUT2D eigenvalue weighted by atomic mass is 32.2. The van der Waals surface area contributed by atoms with E-state index in [4.69, 9.17) is 5.14 Å². The second-order valence-electron chi connectivity index (χ2n) is 6.34. The summed E-state index contributed by atoms with van der Waals surface area (Å²) in [4.78, 5) is 16.0. The van der Waals surface area contributed by atoms with Crippen molar-refractivity contribution in [2.75, 3.05) is 5.32 Å². The van der Waals surface area contributed by atoms with Gasteiger partial charge in [-0.3, -0.25) is 4.68 Å². The van der Waals surface area contributed by atoms with Crippen molar-refractivity contribution in [1.29, 1.82) is 0 Å². The van der Waals surface area contributed by atoms with E-state index in [1.807, 2.05) is 6.92 Å². The lowest BCUT2D eigenvalue weighted by Gasteiger charge is -2.17. The molecule has 0 saturated heterocycles. The number of hydrogen-bond acceptors (Lipinski definition) is 4. The summed E-state index contributed by atoms with van der Waals surface area (Å²) in [6.45, 7) is 3.54. The Kier molecular flexibility index (Phi) is 5.19. The van der Waals surface area contributed by atoms with Crippen molar-refractivity contribution in [3.05, 3.63) is 34.8 Å². The first kappa shape index (κ1) is 20.3. The number of carbonyl (C=O) groups is 1. The van der Waals surface area contributed by atoms with Crippen LogP contribution in [0.25, 0.3) is 0 Å². The first-order chi connectivity index (χ1) is 13.0. The summed E-state index contributed by atoms with van der Waals surface area (Å²) in [7, 11) is -3.64. The summed E-state index contributed by atoms with van der Waals surface area (Å²) in [5, 5.41) is 11.9. The average Bonchev–Trinajstić information content (AvgIpc) is 3.24. The van der Waals surface area contributed by atoms with E-state index in [0.29, 0.717) is 37.1 Å². The van der Waals surface area contributed by atoms with Crippen LogP contribution < -0.4 is 10.5 Å². The predicted octanol–water partition coefficient (Wildman–Crippen LogP) is 3.05. The van der Waals surface area contributed by atoms with E-state index in [-0.39, 0.29) is 16.3 Å². The fraction of sp³-hybridized carbons (Fsp3) is 0.438. The van der Waals surface area contributed by atoms with Gasteiger partial charge in [-0.15, -0.1) is 4.36 Å². The van der Waals surface area contributed by atoms with Gasteiger partial charge in [-0.05, 0) is 44.7 Å². The minimum atomic E-state index is -4.66. The Labute approximate surface area is 159 Å². The van der Waals surface area contributed by atoms with E-state index in [9.17, 15) is 22.2 Å². The molecule has 2 heterocycles. The van der Waals surface area contributed by atoms with Crippen molar-refractivity contribution >= 4 is 21.6 Å². The average molecular weight is 416 g/mol. The third-order valence-corrected chi connectivity index (χ3v) is 5.68. The molecule has 28 heavy (non-hydrogen) atoms. The summed E-state index contributed by atoms with van der Waals surface area (Å²) in [6, 6.07) is 0.273. The molecule has 0 aromatic carbocycles. The van der Waals surface area contributed by atoms with E-state index in [2.05, 4.69) is 19.8 Å². The number of anilines is 1.